The zero-order valence-electron chi connectivity index (χ0n) is 16.2. The average Bonchev–Trinajstić information content (AvgIpc) is 3.20. The molecule has 4 rings (SSSR count). The SMILES string of the molecule is CC(C)N1C2CCC1CC(N(C)C(=O)c1cn(C)c(=O)c3c1C=CC3)C2. The highest BCUT2D eigenvalue weighted by molar-refractivity contribution is 5.98. The minimum absolute atomic E-state index is 0.00693. The van der Waals surface area contributed by atoms with E-state index in [2.05, 4.69) is 18.7 Å². The lowest BCUT2D eigenvalue weighted by Gasteiger charge is -2.44. The van der Waals surface area contributed by atoms with Crippen LogP contribution < -0.4 is 5.56 Å². The molecule has 0 aromatic carbocycles. The average molecular weight is 355 g/mol. The Morgan fingerprint density at radius 1 is 1.23 bits per heavy atom. The molecule has 2 unspecified atom stereocenters. The van der Waals surface area contributed by atoms with Crippen LogP contribution in [-0.4, -0.2) is 51.5 Å². The number of aryl methyl sites for hydroxylation is 1. The first kappa shape index (κ1) is 17.5. The molecule has 2 bridgehead atoms. The Morgan fingerprint density at radius 3 is 2.50 bits per heavy atom. The van der Waals surface area contributed by atoms with E-state index in [1.54, 1.807) is 17.8 Å². The summed E-state index contributed by atoms with van der Waals surface area (Å²) < 4.78 is 1.55. The van der Waals surface area contributed by atoms with Gasteiger partial charge in [0.25, 0.3) is 11.5 Å². The third kappa shape index (κ3) is 2.64. The number of hydrogen-bond acceptors (Lipinski definition) is 3. The summed E-state index contributed by atoms with van der Waals surface area (Å²) in [6, 6.07) is 2.05. The number of allylic oxidation sites excluding steroid dienone is 1. The number of aromatic nitrogens is 1. The van der Waals surface area contributed by atoms with Gasteiger partial charge in [0.15, 0.2) is 0 Å². The topological polar surface area (TPSA) is 45.5 Å². The first-order valence-corrected chi connectivity index (χ1v) is 9.82. The first-order valence-electron chi connectivity index (χ1n) is 9.82. The van der Waals surface area contributed by atoms with Gasteiger partial charge in [-0.2, -0.15) is 0 Å². The van der Waals surface area contributed by atoms with Gasteiger partial charge in [-0.3, -0.25) is 14.5 Å². The maximum atomic E-state index is 13.3. The molecule has 26 heavy (non-hydrogen) atoms. The number of pyridine rings is 1. The van der Waals surface area contributed by atoms with E-state index < -0.39 is 0 Å². The van der Waals surface area contributed by atoms with Crippen LogP contribution >= 0.6 is 0 Å². The van der Waals surface area contributed by atoms with Gasteiger partial charge in [-0.1, -0.05) is 12.2 Å². The van der Waals surface area contributed by atoms with Crippen molar-refractivity contribution >= 4 is 12.0 Å². The van der Waals surface area contributed by atoms with Crippen LogP contribution in [0.4, 0.5) is 0 Å². The minimum Gasteiger partial charge on any atom is -0.339 e. The highest BCUT2D eigenvalue weighted by Gasteiger charge is 2.43. The monoisotopic (exact) mass is 355 g/mol. The number of fused-ring (bicyclic) bond motifs is 3. The quantitative estimate of drug-likeness (QED) is 0.837. The zero-order chi connectivity index (χ0) is 18.6. The number of piperidine rings is 1. The van der Waals surface area contributed by atoms with Gasteiger partial charge in [0.1, 0.15) is 0 Å². The largest absolute Gasteiger partial charge is 0.339 e. The van der Waals surface area contributed by atoms with Crippen LogP contribution in [-0.2, 0) is 13.5 Å². The summed E-state index contributed by atoms with van der Waals surface area (Å²) in [5.74, 6) is 0.0470. The summed E-state index contributed by atoms with van der Waals surface area (Å²) in [7, 11) is 3.67. The van der Waals surface area contributed by atoms with Crippen molar-refractivity contribution in [3.05, 3.63) is 39.3 Å². The Kier molecular flexibility index (Phi) is 4.30. The number of rotatable bonds is 3. The normalized spacial score (nSPS) is 27.2. The van der Waals surface area contributed by atoms with Gasteiger partial charge in [0.2, 0.25) is 0 Å². The summed E-state index contributed by atoms with van der Waals surface area (Å²) in [5.41, 5.74) is 2.25. The molecule has 5 nitrogen and oxygen atoms in total. The molecule has 1 amide bonds. The number of carbonyl (C=O) groups excluding carboxylic acids is 1. The third-order valence-electron chi connectivity index (χ3n) is 6.58. The lowest BCUT2D eigenvalue weighted by Crippen LogP contribution is -2.53. The fraction of sp³-hybridized carbons (Fsp3) is 0.619. The van der Waals surface area contributed by atoms with Gasteiger partial charge in [-0.25, -0.2) is 0 Å². The fourth-order valence-corrected chi connectivity index (χ4v) is 5.37. The lowest BCUT2D eigenvalue weighted by molar-refractivity contribution is 0.0397. The van der Waals surface area contributed by atoms with Gasteiger partial charge in [0, 0.05) is 50.0 Å². The molecule has 5 heteroatoms. The van der Waals surface area contributed by atoms with Crippen LogP contribution in [0.1, 0.15) is 61.0 Å². The van der Waals surface area contributed by atoms with Crippen molar-refractivity contribution in [3.63, 3.8) is 0 Å². The maximum Gasteiger partial charge on any atom is 0.255 e. The molecular weight excluding hydrogens is 326 g/mol. The van der Waals surface area contributed by atoms with E-state index in [0.717, 1.165) is 24.0 Å². The predicted octanol–water partition coefficient (Wildman–Crippen LogP) is 2.43. The van der Waals surface area contributed by atoms with Gasteiger partial charge < -0.3 is 9.47 Å². The maximum absolute atomic E-state index is 13.3. The molecule has 1 aromatic heterocycles. The second-order valence-corrected chi connectivity index (χ2v) is 8.42. The number of amides is 1. The van der Waals surface area contributed by atoms with Crippen molar-refractivity contribution in [3.8, 4) is 0 Å². The van der Waals surface area contributed by atoms with Gasteiger partial charge in [-0.05, 0) is 51.5 Å². The lowest BCUT2D eigenvalue weighted by atomic mass is 9.94. The Balaban J connectivity index is 1.59. The van der Waals surface area contributed by atoms with Crippen molar-refractivity contribution in [2.45, 2.75) is 70.1 Å². The van der Waals surface area contributed by atoms with Gasteiger partial charge in [-0.15, -0.1) is 0 Å². The van der Waals surface area contributed by atoms with E-state index in [4.69, 9.17) is 0 Å². The van der Waals surface area contributed by atoms with E-state index in [1.807, 2.05) is 24.1 Å². The van der Waals surface area contributed by atoms with Crippen LogP contribution in [0.3, 0.4) is 0 Å². The van der Waals surface area contributed by atoms with Crippen LogP contribution in [0.2, 0.25) is 0 Å². The molecule has 3 aliphatic rings. The molecule has 2 atom stereocenters. The van der Waals surface area contributed by atoms with E-state index in [9.17, 15) is 9.59 Å². The Bertz CT molecular complexity index is 809. The highest BCUT2D eigenvalue weighted by atomic mass is 16.2. The summed E-state index contributed by atoms with van der Waals surface area (Å²) in [6.45, 7) is 4.56. The highest BCUT2D eigenvalue weighted by Crippen LogP contribution is 2.39. The smallest absolute Gasteiger partial charge is 0.255 e. The molecule has 2 aliphatic heterocycles. The second kappa shape index (κ2) is 6.38. The van der Waals surface area contributed by atoms with E-state index in [0.29, 0.717) is 30.1 Å². The van der Waals surface area contributed by atoms with E-state index in [-0.39, 0.29) is 17.5 Å². The van der Waals surface area contributed by atoms with Crippen LogP contribution in [0.15, 0.2) is 17.1 Å². The van der Waals surface area contributed by atoms with Crippen molar-refractivity contribution in [1.82, 2.24) is 14.4 Å². The molecule has 1 aliphatic carbocycles. The van der Waals surface area contributed by atoms with Crippen molar-refractivity contribution in [2.75, 3.05) is 7.05 Å². The van der Waals surface area contributed by atoms with Crippen LogP contribution in [0.25, 0.3) is 6.08 Å². The standard InChI is InChI=1S/C21H29N3O2/c1-13(2)24-14-8-9-15(24)11-16(10-14)23(4)21(26)19-12-22(3)20(25)18-7-5-6-17(18)19/h5-6,12-16H,7-11H2,1-4H3. The van der Waals surface area contributed by atoms with Crippen LogP contribution in [0.5, 0.6) is 0 Å². The zero-order valence-corrected chi connectivity index (χ0v) is 16.2. The molecular formula is C21H29N3O2. The number of nitrogens with zero attached hydrogens (tertiary/aromatic N) is 3. The molecule has 0 radical (unpaired) electrons. The molecule has 2 fully saturated rings. The van der Waals surface area contributed by atoms with Crippen molar-refractivity contribution < 1.29 is 4.79 Å². The number of hydrogen-bond donors (Lipinski definition) is 0. The Hall–Kier alpha value is -1.88. The van der Waals surface area contributed by atoms with Gasteiger partial charge >= 0.3 is 0 Å². The van der Waals surface area contributed by atoms with Crippen LogP contribution in [0, 0.1) is 0 Å². The molecule has 140 valence electrons. The first-order chi connectivity index (χ1) is 12.4. The summed E-state index contributed by atoms with van der Waals surface area (Å²) in [4.78, 5) is 30.2. The molecule has 3 heterocycles. The van der Waals surface area contributed by atoms with Crippen molar-refractivity contribution in [2.24, 2.45) is 7.05 Å². The minimum atomic E-state index is 0.00693. The predicted molar refractivity (Wildman–Crippen MR) is 103 cm³/mol. The molecule has 0 saturated carbocycles. The fourth-order valence-electron chi connectivity index (χ4n) is 5.37. The summed E-state index contributed by atoms with van der Waals surface area (Å²) >= 11 is 0. The second-order valence-electron chi connectivity index (χ2n) is 8.42. The van der Waals surface area contributed by atoms with E-state index in [1.165, 1.54) is 12.8 Å². The molecule has 0 spiro atoms. The van der Waals surface area contributed by atoms with E-state index >= 15 is 0 Å². The molecule has 2 saturated heterocycles. The molecule has 1 aromatic rings. The molecule has 0 N–H and O–H groups in total. The third-order valence-corrected chi connectivity index (χ3v) is 6.58. The Labute approximate surface area is 155 Å². The summed E-state index contributed by atoms with van der Waals surface area (Å²) in [6.07, 6.45) is 10.9. The van der Waals surface area contributed by atoms with Crippen molar-refractivity contribution in [1.29, 1.82) is 0 Å². The van der Waals surface area contributed by atoms with Gasteiger partial charge in [0.05, 0.1) is 5.56 Å². The summed E-state index contributed by atoms with van der Waals surface area (Å²) in [5, 5.41) is 0. The Morgan fingerprint density at radius 2 is 1.88 bits per heavy atom. The number of carbonyl (C=O) groups is 1.